The highest BCUT2D eigenvalue weighted by Crippen LogP contribution is 2.30. The summed E-state index contributed by atoms with van der Waals surface area (Å²) in [5.41, 5.74) is 0.434. The standard InChI is InChI=1S/C13H16N2O4S/c1-18-12-4-2-3-10(9-14)13(12)15-20(16,17)11-5-7-19-8-6-11/h2-4,11,15H,5-8H2,1H3. The minimum atomic E-state index is -3.56. The molecule has 1 aliphatic heterocycles. The molecule has 0 atom stereocenters. The fourth-order valence-electron chi connectivity index (χ4n) is 2.11. The zero-order valence-electron chi connectivity index (χ0n) is 11.1. The van der Waals surface area contributed by atoms with Gasteiger partial charge in [-0.3, -0.25) is 4.72 Å². The highest BCUT2D eigenvalue weighted by molar-refractivity contribution is 7.93. The van der Waals surface area contributed by atoms with E-state index >= 15 is 0 Å². The summed E-state index contributed by atoms with van der Waals surface area (Å²) in [7, 11) is -2.13. The van der Waals surface area contributed by atoms with Crippen molar-refractivity contribution in [1.29, 1.82) is 5.26 Å². The average molecular weight is 296 g/mol. The Balaban J connectivity index is 2.31. The van der Waals surface area contributed by atoms with Crippen LogP contribution in [-0.4, -0.2) is 34.0 Å². The van der Waals surface area contributed by atoms with E-state index in [1.165, 1.54) is 7.11 Å². The Morgan fingerprint density at radius 3 is 2.70 bits per heavy atom. The SMILES string of the molecule is COc1cccc(C#N)c1NS(=O)(=O)C1CCOCC1. The molecule has 0 unspecified atom stereocenters. The predicted octanol–water partition coefficient (Wildman–Crippen LogP) is 1.49. The van der Waals surface area contributed by atoms with E-state index in [-0.39, 0.29) is 11.3 Å². The Morgan fingerprint density at radius 1 is 1.40 bits per heavy atom. The van der Waals surface area contributed by atoms with Crippen LogP contribution in [0, 0.1) is 11.3 Å². The summed E-state index contributed by atoms with van der Waals surface area (Å²) in [6.45, 7) is 0.866. The number of hydrogen-bond donors (Lipinski definition) is 1. The summed E-state index contributed by atoms with van der Waals surface area (Å²) >= 11 is 0. The molecule has 20 heavy (non-hydrogen) atoms. The van der Waals surface area contributed by atoms with Crippen LogP contribution in [0.15, 0.2) is 18.2 Å². The van der Waals surface area contributed by atoms with Crippen molar-refractivity contribution >= 4 is 15.7 Å². The van der Waals surface area contributed by atoms with E-state index < -0.39 is 15.3 Å². The molecule has 2 rings (SSSR count). The maximum absolute atomic E-state index is 12.4. The third-order valence-electron chi connectivity index (χ3n) is 3.22. The predicted molar refractivity (Wildman–Crippen MR) is 74.1 cm³/mol. The van der Waals surface area contributed by atoms with Gasteiger partial charge >= 0.3 is 0 Å². The van der Waals surface area contributed by atoms with Gasteiger partial charge in [0.25, 0.3) is 0 Å². The van der Waals surface area contributed by atoms with Crippen molar-refractivity contribution in [2.24, 2.45) is 0 Å². The second-order valence-electron chi connectivity index (χ2n) is 4.45. The van der Waals surface area contributed by atoms with Crippen LogP contribution in [0.3, 0.4) is 0 Å². The van der Waals surface area contributed by atoms with Gasteiger partial charge in [0.1, 0.15) is 17.5 Å². The van der Waals surface area contributed by atoms with Crippen molar-refractivity contribution in [3.05, 3.63) is 23.8 Å². The Kier molecular flexibility index (Phi) is 4.47. The van der Waals surface area contributed by atoms with Gasteiger partial charge in [0, 0.05) is 13.2 Å². The topological polar surface area (TPSA) is 88.4 Å². The molecule has 1 heterocycles. The number of anilines is 1. The van der Waals surface area contributed by atoms with Crippen LogP contribution in [0.5, 0.6) is 5.75 Å². The molecule has 0 aromatic heterocycles. The Morgan fingerprint density at radius 2 is 2.10 bits per heavy atom. The van der Waals surface area contributed by atoms with Crippen molar-refractivity contribution in [3.8, 4) is 11.8 Å². The number of nitrogens with zero attached hydrogens (tertiary/aromatic N) is 1. The number of ether oxygens (including phenoxy) is 2. The number of nitriles is 1. The summed E-state index contributed by atoms with van der Waals surface area (Å²) < 4.78 is 37.5. The van der Waals surface area contributed by atoms with E-state index in [4.69, 9.17) is 14.7 Å². The molecular formula is C13H16N2O4S. The number of para-hydroxylation sites is 1. The number of sulfonamides is 1. The van der Waals surface area contributed by atoms with Crippen molar-refractivity contribution in [1.82, 2.24) is 0 Å². The number of rotatable bonds is 4. The third-order valence-corrected chi connectivity index (χ3v) is 5.06. The lowest BCUT2D eigenvalue weighted by Gasteiger charge is -2.23. The van der Waals surface area contributed by atoms with Gasteiger partial charge in [-0.2, -0.15) is 5.26 Å². The van der Waals surface area contributed by atoms with Crippen LogP contribution >= 0.6 is 0 Å². The number of methoxy groups -OCH3 is 1. The van der Waals surface area contributed by atoms with Gasteiger partial charge in [0.2, 0.25) is 10.0 Å². The lowest BCUT2D eigenvalue weighted by Crippen LogP contribution is -2.33. The Labute approximate surface area is 118 Å². The lowest BCUT2D eigenvalue weighted by atomic mass is 10.2. The molecule has 0 aliphatic carbocycles. The molecule has 1 aromatic carbocycles. The molecule has 7 heteroatoms. The maximum Gasteiger partial charge on any atom is 0.235 e. The first kappa shape index (κ1) is 14.6. The van der Waals surface area contributed by atoms with Crippen molar-refractivity contribution in [2.45, 2.75) is 18.1 Å². The first-order valence-electron chi connectivity index (χ1n) is 6.25. The van der Waals surface area contributed by atoms with Crippen LogP contribution in [0.2, 0.25) is 0 Å². The quantitative estimate of drug-likeness (QED) is 0.909. The molecule has 0 radical (unpaired) electrons. The molecular weight excluding hydrogens is 280 g/mol. The third kappa shape index (κ3) is 3.03. The van der Waals surface area contributed by atoms with Crippen molar-refractivity contribution in [2.75, 3.05) is 25.0 Å². The molecule has 0 spiro atoms. The lowest BCUT2D eigenvalue weighted by molar-refractivity contribution is 0.0984. The van der Waals surface area contributed by atoms with Gasteiger partial charge in [0.05, 0.1) is 17.9 Å². The van der Waals surface area contributed by atoms with Gasteiger partial charge in [-0.15, -0.1) is 0 Å². The largest absolute Gasteiger partial charge is 0.495 e. The zero-order chi connectivity index (χ0) is 14.6. The molecule has 0 bridgehead atoms. The highest BCUT2D eigenvalue weighted by Gasteiger charge is 2.29. The second-order valence-corrected chi connectivity index (χ2v) is 6.41. The fourth-order valence-corrected chi connectivity index (χ4v) is 3.59. The number of hydrogen-bond acceptors (Lipinski definition) is 5. The van der Waals surface area contributed by atoms with E-state index in [0.717, 1.165) is 0 Å². The van der Waals surface area contributed by atoms with Gasteiger partial charge in [0.15, 0.2) is 0 Å². The van der Waals surface area contributed by atoms with Crippen LogP contribution in [0.25, 0.3) is 0 Å². The Hall–Kier alpha value is -1.78. The molecule has 6 nitrogen and oxygen atoms in total. The minimum Gasteiger partial charge on any atom is -0.495 e. The average Bonchev–Trinajstić information content (AvgIpc) is 2.48. The zero-order valence-corrected chi connectivity index (χ0v) is 11.9. The van der Waals surface area contributed by atoms with Gasteiger partial charge < -0.3 is 9.47 Å². The molecule has 1 saturated heterocycles. The first-order chi connectivity index (χ1) is 9.58. The summed E-state index contributed by atoms with van der Waals surface area (Å²) in [5, 5.41) is 8.58. The van der Waals surface area contributed by atoms with Gasteiger partial charge in [-0.25, -0.2) is 8.42 Å². The van der Waals surface area contributed by atoms with E-state index in [1.54, 1.807) is 18.2 Å². The van der Waals surface area contributed by atoms with E-state index in [2.05, 4.69) is 4.72 Å². The van der Waals surface area contributed by atoms with Gasteiger partial charge in [-0.1, -0.05) is 6.07 Å². The van der Waals surface area contributed by atoms with Crippen LogP contribution in [0.1, 0.15) is 18.4 Å². The second kappa shape index (κ2) is 6.11. The molecule has 1 N–H and O–H groups in total. The summed E-state index contributed by atoms with van der Waals surface area (Å²) in [6, 6.07) is 6.77. The van der Waals surface area contributed by atoms with Crippen LogP contribution < -0.4 is 9.46 Å². The molecule has 0 saturated carbocycles. The minimum absolute atomic E-state index is 0.198. The number of nitrogens with one attached hydrogen (secondary N) is 1. The normalized spacial score (nSPS) is 16.4. The molecule has 1 aromatic rings. The number of benzene rings is 1. The summed E-state index contributed by atoms with van der Waals surface area (Å²) in [4.78, 5) is 0. The molecule has 108 valence electrons. The monoisotopic (exact) mass is 296 g/mol. The van der Waals surface area contributed by atoms with Crippen molar-refractivity contribution < 1.29 is 17.9 Å². The van der Waals surface area contributed by atoms with E-state index in [1.807, 2.05) is 6.07 Å². The van der Waals surface area contributed by atoms with Crippen LogP contribution in [-0.2, 0) is 14.8 Å². The van der Waals surface area contributed by atoms with Crippen molar-refractivity contribution in [3.63, 3.8) is 0 Å². The van der Waals surface area contributed by atoms with Gasteiger partial charge in [-0.05, 0) is 25.0 Å². The van der Waals surface area contributed by atoms with Crippen LogP contribution in [0.4, 0.5) is 5.69 Å². The smallest absolute Gasteiger partial charge is 0.235 e. The summed E-state index contributed by atoms with van der Waals surface area (Å²) in [5.74, 6) is 0.333. The first-order valence-corrected chi connectivity index (χ1v) is 7.79. The molecule has 1 aliphatic rings. The highest BCUT2D eigenvalue weighted by atomic mass is 32.2. The summed E-state index contributed by atoms with van der Waals surface area (Å²) in [6.07, 6.45) is 0.902. The maximum atomic E-state index is 12.4. The Bertz CT molecular complexity index is 616. The fraction of sp³-hybridized carbons (Fsp3) is 0.462. The van der Waals surface area contributed by atoms with E-state index in [9.17, 15) is 8.42 Å². The van der Waals surface area contributed by atoms with E-state index in [0.29, 0.717) is 31.8 Å². The molecule has 0 amide bonds. The molecule has 1 fully saturated rings.